The first-order valence-corrected chi connectivity index (χ1v) is 26.3. The molecule has 0 spiro atoms. The molecule has 0 aliphatic rings. The number of unbranched alkanes of at least 4 members (excludes halogenated alkanes) is 29. The highest BCUT2D eigenvalue weighted by Gasteiger charge is 2.27. The van der Waals surface area contributed by atoms with Gasteiger partial charge in [0.2, 0.25) is 0 Å². The van der Waals surface area contributed by atoms with Crippen molar-refractivity contribution in [2.45, 2.75) is 251 Å². The number of hydrogen-bond donors (Lipinski definition) is 3. The van der Waals surface area contributed by atoms with Crippen LogP contribution in [0.15, 0.2) is 24.3 Å². The first kappa shape index (κ1) is 58.5. The summed E-state index contributed by atoms with van der Waals surface area (Å²) in [6, 6.07) is 0. The molecule has 354 valence electrons. The third-order valence-corrected chi connectivity index (χ3v) is 11.8. The van der Waals surface area contributed by atoms with E-state index >= 15 is 0 Å². The van der Waals surface area contributed by atoms with Crippen LogP contribution in [0.5, 0.6) is 0 Å². The summed E-state index contributed by atoms with van der Waals surface area (Å²) in [5.41, 5.74) is 0. The van der Waals surface area contributed by atoms with Crippen LogP contribution in [0.3, 0.4) is 0 Å². The molecule has 0 amide bonds. The van der Waals surface area contributed by atoms with Crippen molar-refractivity contribution in [3.05, 3.63) is 24.3 Å². The number of hydrogen-bond acceptors (Lipinski definition) is 9. The second-order valence-corrected chi connectivity index (χ2v) is 18.3. The van der Waals surface area contributed by atoms with Crippen LogP contribution < -0.4 is 0 Å². The number of ether oxygens (including phenoxy) is 2. The van der Waals surface area contributed by atoms with E-state index in [-0.39, 0.29) is 19.4 Å². The van der Waals surface area contributed by atoms with Crippen LogP contribution in [0.4, 0.5) is 0 Å². The van der Waals surface area contributed by atoms with Gasteiger partial charge in [0.1, 0.15) is 12.7 Å². The van der Waals surface area contributed by atoms with E-state index in [1.165, 1.54) is 135 Å². The van der Waals surface area contributed by atoms with Gasteiger partial charge >= 0.3 is 19.8 Å². The van der Waals surface area contributed by atoms with E-state index in [0.29, 0.717) is 12.8 Å². The molecule has 3 unspecified atom stereocenters. The maximum atomic E-state index is 12.6. The van der Waals surface area contributed by atoms with Crippen LogP contribution in [-0.2, 0) is 32.7 Å². The van der Waals surface area contributed by atoms with Crippen LogP contribution >= 0.6 is 7.82 Å². The molecule has 3 atom stereocenters. The van der Waals surface area contributed by atoms with Gasteiger partial charge in [-0.25, -0.2) is 4.57 Å². The monoisotopic (exact) mass is 873 g/mol. The van der Waals surface area contributed by atoms with Crippen molar-refractivity contribution < 1.29 is 47.8 Å². The van der Waals surface area contributed by atoms with E-state index in [9.17, 15) is 24.2 Å². The third kappa shape index (κ3) is 44.5. The number of phosphoric ester groups is 1. The predicted molar refractivity (Wildman–Crippen MR) is 247 cm³/mol. The van der Waals surface area contributed by atoms with Crippen LogP contribution in [0.1, 0.15) is 239 Å². The molecule has 0 fully saturated rings. The highest BCUT2D eigenvalue weighted by Crippen LogP contribution is 2.43. The first-order chi connectivity index (χ1) is 29.2. The van der Waals surface area contributed by atoms with Gasteiger partial charge in [0, 0.05) is 12.8 Å². The van der Waals surface area contributed by atoms with Gasteiger partial charge in [-0.2, -0.15) is 0 Å². The van der Waals surface area contributed by atoms with E-state index < -0.39 is 51.8 Å². The summed E-state index contributed by atoms with van der Waals surface area (Å²) in [7, 11) is -4.62. The Hall–Kier alpha value is -1.55. The third-order valence-electron chi connectivity index (χ3n) is 10.9. The van der Waals surface area contributed by atoms with Gasteiger partial charge in [0.05, 0.1) is 19.8 Å². The maximum Gasteiger partial charge on any atom is 0.472 e. The fourth-order valence-corrected chi connectivity index (χ4v) is 7.82. The van der Waals surface area contributed by atoms with Crippen LogP contribution in [0.2, 0.25) is 0 Å². The lowest BCUT2D eigenvalue weighted by atomic mass is 10.0. The summed E-state index contributed by atoms with van der Waals surface area (Å²) >= 11 is 0. The predicted octanol–water partition coefficient (Wildman–Crippen LogP) is 13.7. The van der Waals surface area contributed by atoms with Crippen LogP contribution in [0.25, 0.3) is 0 Å². The topological polar surface area (TPSA) is 149 Å². The summed E-state index contributed by atoms with van der Waals surface area (Å²) in [5.74, 6) is -0.929. The minimum absolute atomic E-state index is 0.171. The molecule has 11 heteroatoms. The van der Waals surface area contributed by atoms with Gasteiger partial charge in [-0.1, -0.05) is 205 Å². The molecule has 0 saturated carbocycles. The second-order valence-electron chi connectivity index (χ2n) is 16.8. The van der Waals surface area contributed by atoms with E-state index in [1.54, 1.807) is 0 Å². The highest BCUT2D eigenvalue weighted by atomic mass is 31.2. The van der Waals surface area contributed by atoms with E-state index in [0.717, 1.165) is 64.2 Å². The van der Waals surface area contributed by atoms with Crippen molar-refractivity contribution >= 4 is 19.8 Å². The number of aliphatic hydroxyl groups is 2. The molecule has 0 radical (unpaired) electrons. The molecular formula is C49H93O10P. The average Bonchev–Trinajstić information content (AvgIpc) is 3.24. The van der Waals surface area contributed by atoms with Crippen molar-refractivity contribution in [1.29, 1.82) is 0 Å². The Bertz CT molecular complexity index is 1050. The standard InChI is InChI=1S/C49H93O10P/c1-3-5-7-9-11-13-15-17-19-20-21-22-23-24-25-27-28-30-32-34-36-38-40-48(52)56-44-47(45-58-60(54,55)57-43-46(51)42-50)59-49(53)41-39-37-35-33-31-29-26-18-16-14-12-10-8-6-4-2/h12,14,18,26,46-47,50-51H,3-11,13,15-17,19-25,27-45H2,1-2H3,(H,54,55)/b14-12-,26-18-. The molecule has 0 saturated heterocycles. The van der Waals surface area contributed by atoms with Crippen LogP contribution in [-0.4, -0.2) is 65.7 Å². The maximum absolute atomic E-state index is 12.6. The van der Waals surface area contributed by atoms with E-state index in [1.807, 2.05) is 0 Å². The molecule has 0 heterocycles. The molecule has 0 aromatic carbocycles. The Morgan fingerprint density at radius 3 is 1.32 bits per heavy atom. The highest BCUT2D eigenvalue weighted by molar-refractivity contribution is 7.47. The van der Waals surface area contributed by atoms with Crippen LogP contribution in [0, 0.1) is 0 Å². The number of rotatable bonds is 47. The zero-order valence-corrected chi connectivity index (χ0v) is 39.6. The molecule has 0 aromatic heterocycles. The number of carbonyl (C=O) groups is 2. The van der Waals surface area contributed by atoms with Gasteiger partial charge in [-0.3, -0.25) is 18.6 Å². The lowest BCUT2D eigenvalue weighted by Gasteiger charge is -2.20. The Morgan fingerprint density at radius 1 is 0.500 bits per heavy atom. The van der Waals surface area contributed by atoms with Crippen molar-refractivity contribution in [3.8, 4) is 0 Å². The van der Waals surface area contributed by atoms with Gasteiger partial charge in [-0.15, -0.1) is 0 Å². The fourth-order valence-electron chi connectivity index (χ4n) is 7.03. The minimum Gasteiger partial charge on any atom is -0.462 e. The van der Waals surface area contributed by atoms with Gasteiger partial charge in [0.15, 0.2) is 6.10 Å². The Kier molecular flexibility index (Phi) is 44.3. The summed E-state index contributed by atoms with van der Waals surface area (Å²) < 4.78 is 32.8. The molecule has 60 heavy (non-hydrogen) atoms. The largest absolute Gasteiger partial charge is 0.472 e. The lowest BCUT2D eigenvalue weighted by Crippen LogP contribution is -2.29. The van der Waals surface area contributed by atoms with Gasteiger partial charge in [-0.05, 0) is 44.9 Å². The van der Waals surface area contributed by atoms with Crippen molar-refractivity contribution in [2.75, 3.05) is 26.4 Å². The average molecular weight is 873 g/mol. The Morgan fingerprint density at radius 2 is 0.867 bits per heavy atom. The van der Waals surface area contributed by atoms with Crippen molar-refractivity contribution in [2.24, 2.45) is 0 Å². The summed E-state index contributed by atoms with van der Waals surface area (Å²) in [6.07, 6.45) is 47.2. The molecule has 10 nitrogen and oxygen atoms in total. The smallest absolute Gasteiger partial charge is 0.462 e. The number of carbonyl (C=O) groups excluding carboxylic acids is 2. The molecule has 0 aliphatic carbocycles. The number of allylic oxidation sites excluding steroid dienone is 4. The van der Waals surface area contributed by atoms with Crippen molar-refractivity contribution in [3.63, 3.8) is 0 Å². The number of esters is 2. The molecule has 0 rings (SSSR count). The Labute approximate surface area is 368 Å². The quantitative estimate of drug-likeness (QED) is 0.0233. The second kappa shape index (κ2) is 45.5. The van der Waals surface area contributed by atoms with Gasteiger partial charge < -0.3 is 24.6 Å². The molecule has 0 aliphatic heterocycles. The summed E-state index contributed by atoms with van der Waals surface area (Å²) in [6.45, 7) is 2.38. The minimum atomic E-state index is -4.62. The summed E-state index contributed by atoms with van der Waals surface area (Å²) in [4.78, 5) is 35.1. The first-order valence-electron chi connectivity index (χ1n) is 24.8. The molecule has 0 bridgehead atoms. The molecular weight excluding hydrogens is 780 g/mol. The SMILES string of the molecule is CCCCC/C=C\C/C=C\CCCCCCCC(=O)OC(COC(=O)CCCCCCCCCCCCCCCCCCCCCCCC)COP(=O)(O)OCC(O)CO. The Balaban J connectivity index is 4.15. The lowest BCUT2D eigenvalue weighted by molar-refractivity contribution is -0.161. The fraction of sp³-hybridized carbons (Fsp3) is 0.878. The van der Waals surface area contributed by atoms with E-state index in [2.05, 4.69) is 38.2 Å². The normalized spacial score (nSPS) is 13.9. The zero-order valence-electron chi connectivity index (χ0n) is 38.7. The molecule has 0 aromatic rings. The van der Waals surface area contributed by atoms with E-state index in [4.69, 9.17) is 23.6 Å². The summed E-state index contributed by atoms with van der Waals surface area (Å²) in [5, 5.41) is 18.4. The number of phosphoric acid groups is 1. The van der Waals surface area contributed by atoms with Gasteiger partial charge in [0.25, 0.3) is 0 Å². The zero-order chi connectivity index (χ0) is 44.0. The van der Waals surface area contributed by atoms with Crippen molar-refractivity contribution in [1.82, 2.24) is 0 Å². The number of aliphatic hydroxyl groups excluding tert-OH is 2. The molecule has 3 N–H and O–H groups in total.